The number of esters is 2. The van der Waals surface area contributed by atoms with Crippen molar-refractivity contribution >= 4 is 11.9 Å². The molecule has 2 rings (SSSR count). The van der Waals surface area contributed by atoms with Gasteiger partial charge in [-0.05, 0) is 61.2 Å². The number of ether oxygens (including phenoxy) is 2. The van der Waals surface area contributed by atoms with E-state index in [0.29, 0.717) is 12.3 Å². The minimum atomic E-state index is -0.396. The molecule has 2 saturated carbocycles. The summed E-state index contributed by atoms with van der Waals surface area (Å²) in [5.41, 5.74) is -0.101. The molecule has 2 aliphatic carbocycles. The third-order valence-corrected chi connectivity index (χ3v) is 6.38. The van der Waals surface area contributed by atoms with Gasteiger partial charge in [-0.25, -0.2) is 4.79 Å². The SMILES string of the molecule is CCC1(OC(=O)COC(=O)CCC(C)(C)C)CC(C)(C)C2CCC1C2. The van der Waals surface area contributed by atoms with Crippen LogP contribution in [0.25, 0.3) is 0 Å². The van der Waals surface area contributed by atoms with Crippen molar-refractivity contribution in [2.45, 2.75) is 92.1 Å². The highest BCUT2D eigenvalue weighted by molar-refractivity contribution is 5.76. The number of carbonyl (C=O) groups is 2. The Balaban J connectivity index is 1.89. The van der Waals surface area contributed by atoms with Gasteiger partial charge in [0, 0.05) is 6.42 Å². The zero-order valence-electron chi connectivity index (χ0n) is 16.9. The summed E-state index contributed by atoms with van der Waals surface area (Å²) in [4.78, 5) is 24.2. The molecule has 0 saturated heterocycles. The van der Waals surface area contributed by atoms with E-state index in [1.807, 2.05) is 0 Å². The van der Waals surface area contributed by atoms with Gasteiger partial charge in [0.25, 0.3) is 0 Å². The smallest absolute Gasteiger partial charge is 0.344 e. The van der Waals surface area contributed by atoms with Gasteiger partial charge < -0.3 is 9.47 Å². The summed E-state index contributed by atoms with van der Waals surface area (Å²) in [6, 6.07) is 0. The second kappa shape index (κ2) is 7.28. The second-order valence-electron chi connectivity index (χ2n) is 9.99. The topological polar surface area (TPSA) is 52.6 Å². The van der Waals surface area contributed by atoms with Crippen LogP contribution in [0.4, 0.5) is 0 Å². The molecule has 3 unspecified atom stereocenters. The molecule has 2 fully saturated rings. The van der Waals surface area contributed by atoms with E-state index in [9.17, 15) is 9.59 Å². The number of carbonyl (C=O) groups excluding carboxylic acids is 2. The van der Waals surface area contributed by atoms with E-state index in [1.54, 1.807) is 0 Å². The van der Waals surface area contributed by atoms with Crippen LogP contribution in [0.2, 0.25) is 0 Å². The van der Waals surface area contributed by atoms with Crippen LogP contribution in [0.5, 0.6) is 0 Å². The molecule has 25 heavy (non-hydrogen) atoms. The molecule has 0 aromatic carbocycles. The zero-order chi connectivity index (χ0) is 18.9. The minimum Gasteiger partial charge on any atom is -0.456 e. The number of rotatable bonds is 6. The molecule has 2 bridgehead atoms. The van der Waals surface area contributed by atoms with E-state index >= 15 is 0 Å². The van der Waals surface area contributed by atoms with Crippen LogP contribution in [0.15, 0.2) is 0 Å². The molecular formula is C21H36O4. The molecule has 0 amide bonds. The molecular weight excluding hydrogens is 316 g/mol. The Labute approximate surface area is 153 Å². The van der Waals surface area contributed by atoms with E-state index in [-0.39, 0.29) is 29.0 Å². The summed E-state index contributed by atoms with van der Waals surface area (Å²) >= 11 is 0. The normalized spacial score (nSPS) is 30.8. The van der Waals surface area contributed by atoms with E-state index in [2.05, 4.69) is 41.5 Å². The monoisotopic (exact) mass is 352 g/mol. The standard InChI is InChI=1S/C21H36O4/c1-7-21(14-20(5,6)15-8-9-16(21)12-15)25-18(23)13-24-17(22)10-11-19(2,3)4/h15-16H,7-14H2,1-6H3. The fourth-order valence-corrected chi connectivity index (χ4v) is 4.78. The highest BCUT2D eigenvalue weighted by atomic mass is 16.6. The molecule has 4 heteroatoms. The molecule has 0 heterocycles. The zero-order valence-corrected chi connectivity index (χ0v) is 16.9. The van der Waals surface area contributed by atoms with Crippen LogP contribution in [0.1, 0.15) is 86.5 Å². The third kappa shape index (κ3) is 4.98. The molecule has 0 aromatic heterocycles. The molecule has 2 aliphatic rings. The van der Waals surface area contributed by atoms with E-state index in [4.69, 9.17) is 9.47 Å². The molecule has 3 atom stereocenters. The van der Waals surface area contributed by atoms with E-state index in [1.165, 1.54) is 6.42 Å². The lowest BCUT2D eigenvalue weighted by atomic mass is 9.62. The van der Waals surface area contributed by atoms with Crippen LogP contribution >= 0.6 is 0 Å². The van der Waals surface area contributed by atoms with Crippen LogP contribution < -0.4 is 0 Å². The summed E-state index contributed by atoms with van der Waals surface area (Å²) in [6.07, 6.45) is 6.36. The van der Waals surface area contributed by atoms with Crippen molar-refractivity contribution in [2.75, 3.05) is 6.61 Å². The summed E-state index contributed by atoms with van der Waals surface area (Å²) < 4.78 is 11.1. The Bertz CT molecular complexity index is 503. The maximum atomic E-state index is 12.4. The first-order valence-electron chi connectivity index (χ1n) is 9.85. The lowest BCUT2D eigenvalue weighted by molar-refractivity contribution is -0.185. The van der Waals surface area contributed by atoms with Gasteiger partial charge in [-0.3, -0.25) is 4.79 Å². The predicted molar refractivity (Wildman–Crippen MR) is 98.0 cm³/mol. The van der Waals surface area contributed by atoms with E-state index in [0.717, 1.165) is 38.0 Å². The Hall–Kier alpha value is -1.06. The third-order valence-electron chi connectivity index (χ3n) is 6.38. The van der Waals surface area contributed by atoms with Gasteiger partial charge in [-0.15, -0.1) is 0 Å². The first-order chi connectivity index (χ1) is 11.5. The molecule has 0 aliphatic heterocycles. The van der Waals surface area contributed by atoms with Crippen molar-refractivity contribution in [2.24, 2.45) is 22.7 Å². The molecule has 4 nitrogen and oxygen atoms in total. The fraction of sp³-hybridized carbons (Fsp3) is 0.905. The molecule has 0 radical (unpaired) electrons. The van der Waals surface area contributed by atoms with Crippen LogP contribution in [0, 0.1) is 22.7 Å². The lowest BCUT2D eigenvalue weighted by Gasteiger charge is -2.48. The van der Waals surface area contributed by atoms with Crippen LogP contribution in [0.3, 0.4) is 0 Å². The summed E-state index contributed by atoms with van der Waals surface area (Å²) in [5, 5.41) is 0. The van der Waals surface area contributed by atoms with Crippen molar-refractivity contribution < 1.29 is 19.1 Å². The van der Waals surface area contributed by atoms with Gasteiger partial charge in [-0.1, -0.05) is 41.5 Å². The van der Waals surface area contributed by atoms with Crippen molar-refractivity contribution in [3.8, 4) is 0 Å². The Morgan fingerprint density at radius 3 is 2.32 bits per heavy atom. The van der Waals surface area contributed by atoms with Gasteiger partial charge in [0.15, 0.2) is 6.61 Å². The highest BCUT2D eigenvalue weighted by Crippen LogP contribution is 2.58. The van der Waals surface area contributed by atoms with Crippen molar-refractivity contribution in [1.82, 2.24) is 0 Å². The predicted octanol–water partition coefficient (Wildman–Crippen LogP) is 4.89. The van der Waals surface area contributed by atoms with E-state index < -0.39 is 5.97 Å². The fourth-order valence-electron chi connectivity index (χ4n) is 4.78. The maximum absolute atomic E-state index is 12.4. The van der Waals surface area contributed by atoms with Crippen LogP contribution in [-0.2, 0) is 19.1 Å². The van der Waals surface area contributed by atoms with Gasteiger partial charge in [0.2, 0.25) is 0 Å². The van der Waals surface area contributed by atoms with Gasteiger partial charge in [-0.2, -0.15) is 0 Å². The van der Waals surface area contributed by atoms with Crippen molar-refractivity contribution in [3.63, 3.8) is 0 Å². The Morgan fingerprint density at radius 1 is 1.08 bits per heavy atom. The molecule has 144 valence electrons. The average molecular weight is 353 g/mol. The maximum Gasteiger partial charge on any atom is 0.344 e. The molecule has 0 spiro atoms. The van der Waals surface area contributed by atoms with Crippen molar-refractivity contribution in [1.29, 1.82) is 0 Å². The summed E-state index contributed by atoms with van der Waals surface area (Å²) in [5.74, 6) is 0.483. The number of hydrogen-bond acceptors (Lipinski definition) is 4. The van der Waals surface area contributed by atoms with Gasteiger partial charge >= 0.3 is 11.9 Å². The number of hydrogen-bond donors (Lipinski definition) is 0. The first kappa shape index (κ1) is 20.3. The first-order valence-corrected chi connectivity index (χ1v) is 9.85. The largest absolute Gasteiger partial charge is 0.456 e. The van der Waals surface area contributed by atoms with Crippen LogP contribution in [-0.4, -0.2) is 24.1 Å². The molecule has 0 N–H and O–H groups in total. The minimum absolute atomic E-state index is 0.0818. The van der Waals surface area contributed by atoms with Gasteiger partial charge in [0.1, 0.15) is 5.60 Å². The van der Waals surface area contributed by atoms with Crippen molar-refractivity contribution in [3.05, 3.63) is 0 Å². The Morgan fingerprint density at radius 2 is 1.72 bits per heavy atom. The van der Waals surface area contributed by atoms with Gasteiger partial charge in [0.05, 0.1) is 0 Å². The quantitative estimate of drug-likeness (QED) is 0.638. The second-order valence-corrected chi connectivity index (χ2v) is 9.99. The Kier molecular flexibility index (Phi) is 5.90. The summed E-state index contributed by atoms with van der Waals surface area (Å²) in [7, 11) is 0. The average Bonchev–Trinajstić information content (AvgIpc) is 2.97. The molecule has 0 aromatic rings. The lowest BCUT2D eigenvalue weighted by Crippen LogP contribution is -2.49. The highest BCUT2D eigenvalue weighted by Gasteiger charge is 2.55. The summed E-state index contributed by atoms with van der Waals surface area (Å²) in [6.45, 7) is 12.7. The number of fused-ring (bicyclic) bond motifs is 2.